The largest absolute Gasteiger partial charge is 0.385 e. The number of hydrogen-bond donors (Lipinski definition) is 2. The summed E-state index contributed by atoms with van der Waals surface area (Å²) in [6.07, 6.45) is 3.30. The van der Waals surface area contributed by atoms with Crippen LogP contribution in [0.3, 0.4) is 0 Å². The van der Waals surface area contributed by atoms with Gasteiger partial charge in [0.05, 0.1) is 6.10 Å². The normalized spacial score (nSPS) is 33.6. The van der Waals surface area contributed by atoms with Crippen molar-refractivity contribution in [2.45, 2.75) is 44.3 Å². The number of carbonyl (C=O) groups is 1. The molecule has 4 nitrogen and oxygen atoms in total. The van der Waals surface area contributed by atoms with Crippen LogP contribution in [0.1, 0.15) is 32.6 Å². The van der Waals surface area contributed by atoms with Gasteiger partial charge in [0, 0.05) is 26.0 Å². The van der Waals surface area contributed by atoms with Gasteiger partial charge in [-0.15, -0.1) is 0 Å². The molecule has 104 valence electrons. The quantitative estimate of drug-likeness (QED) is 0.807. The maximum Gasteiger partial charge on any atom is 0.220 e. The zero-order chi connectivity index (χ0) is 13.0. The minimum atomic E-state index is -0.877. The molecule has 0 saturated carbocycles. The van der Waals surface area contributed by atoms with E-state index in [0.29, 0.717) is 31.9 Å². The molecule has 18 heavy (non-hydrogen) atoms. The molecule has 2 rings (SSSR count). The Balaban J connectivity index is 1.71. The lowest BCUT2D eigenvalue weighted by Crippen LogP contribution is -2.47. The third-order valence-electron chi connectivity index (χ3n) is 4.07. The van der Waals surface area contributed by atoms with Crippen LogP contribution in [0.4, 0.5) is 0 Å². The second-order valence-corrected chi connectivity index (χ2v) is 6.63. The Morgan fingerprint density at radius 3 is 2.83 bits per heavy atom. The second kappa shape index (κ2) is 6.26. The summed E-state index contributed by atoms with van der Waals surface area (Å²) in [4.78, 5) is 11.8. The molecule has 2 fully saturated rings. The highest BCUT2D eigenvalue weighted by Crippen LogP contribution is 2.26. The first-order valence-corrected chi connectivity index (χ1v) is 7.94. The monoisotopic (exact) mass is 273 g/mol. The standard InChI is InChI=1S/C13H23NO3S/c1-10-13(16,4-5-17-10)9-14-12(15)8-11-2-6-18-7-3-11/h10-11,16H,2-9H2,1H3,(H,14,15). The van der Waals surface area contributed by atoms with Crippen LogP contribution in [0.25, 0.3) is 0 Å². The van der Waals surface area contributed by atoms with Crippen molar-refractivity contribution < 1.29 is 14.6 Å². The number of thioether (sulfide) groups is 1. The van der Waals surface area contributed by atoms with Gasteiger partial charge in [0.15, 0.2) is 0 Å². The van der Waals surface area contributed by atoms with Gasteiger partial charge >= 0.3 is 0 Å². The van der Waals surface area contributed by atoms with E-state index >= 15 is 0 Å². The number of rotatable bonds is 4. The highest BCUT2D eigenvalue weighted by molar-refractivity contribution is 7.99. The summed E-state index contributed by atoms with van der Waals surface area (Å²) < 4.78 is 5.35. The second-order valence-electron chi connectivity index (χ2n) is 5.40. The topological polar surface area (TPSA) is 58.6 Å². The van der Waals surface area contributed by atoms with E-state index in [0.717, 1.165) is 12.8 Å². The van der Waals surface area contributed by atoms with Gasteiger partial charge in [-0.1, -0.05) is 0 Å². The molecule has 0 aromatic carbocycles. The molecule has 2 N–H and O–H groups in total. The predicted octanol–water partition coefficient (Wildman–Crippen LogP) is 1.18. The van der Waals surface area contributed by atoms with Crippen molar-refractivity contribution in [1.82, 2.24) is 5.32 Å². The van der Waals surface area contributed by atoms with Crippen LogP contribution < -0.4 is 5.32 Å². The van der Waals surface area contributed by atoms with Gasteiger partial charge in [0.2, 0.25) is 5.91 Å². The molecular weight excluding hydrogens is 250 g/mol. The summed E-state index contributed by atoms with van der Waals surface area (Å²) in [5.74, 6) is 2.94. The van der Waals surface area contributed by atoms with E-state index in [1.54, 1.807) is 0 Å². The van der Waals surface area contributed by atoms with Crippen LogP contribution in [0.2, 0.25) is 0 Å². The van der Waals surface area contributed by atoms with Crippen molar-refractivity contribution in [2.75, 3.05) is 24.7 Å². The minimum Gasteiger partial charge on any atom is -0.385 e. The summed E-state index contributed by atoms with van der Waals surface area (Å²) in [5.41, 5.74) is -0.877. The van der Waals surface area contributed by atoms with Crippen molar-refractivity contribution in [1.29, 1.82) is 0 Å². The summed E-state index contributed by atoms with van der Waals surface area (Å²) in [5, 5.41) is 13.1. The number of carbonyl (C=O) groups excluding carboxylic acids is 1. The maximum absolute atomic E-state index is 11.8. The molecule has 0 aliphatic carbocycles. The first-order chi connectivity index (χ1) is 8.60. The summed E-state index contributed by atoms with van der Waals surface area (Å²) in [7, 11) is 0. The SMILES string of the molecule is CC1OCCC1(O)CNC(=O)CC1CCSCC1. The van der Waals surface area contributed by atoms with Gasteiger partial charge in [-0.05, 0) is 37.2 Å². The molecule has 0 aromatic heterocycles. The van der Waals surface area contributed by atoms with Crippen LogP contribution >= 0.6 is 11.8 Å². The van der Waals surface area contributed by atoms with Crippen molar-refractivity contribution >= 4 is 17.7 Å². The molecule has 2 aliphatic rings. The van der Waals surface area contributed by atoms with Gasteiger partial charge in [0.1, 0.15) is 5.60 Å². The van der Waals surface area contributed by atoms with E-state index in [-0.39, 0.29) is 12.0 Å². The lowest BCUT2D eigenvalue weighted by molar-refractivity contribution is -0.123. The zero-order valence-corrected chi connectivity index (χ0v) is 11.8. The number of ether oxygens (including phenoxy) is 1. The van der Waals surface area contributed by atoms with Gasteiger partial charge in [-0.3, -0.25) is 4.79 Å². The molecule has 0 bridgehead atoms. The van der Waals surface area contributed by atoms with E-state index in [1.807, 2.05) is 18.7 Å². The highest BCUT2D eigenvalue weighted by atomic mass is 32.2. The van der Waals surface area contributed by atoms with Crippen molar-refractivity contribution in [3.8, 4) is 0 Å². The molecule has 2 aliphatic heterocycles. The van der Waals surface area contributed by atoms with Crippen LogP contribution in [0, 0.1) is 5.92 Å². The Labute approximate surface area is 113 Å². The van der Waals surface area contributed by atoms with Crippen molar-refractivity contribution in [3.63, 3.8) is 0 Å². The van der Waals surface area contributed by atoms with E-state index in [2.05, 4.69) is 5.32 Å². The number of hydrogen-bond acceptors (Lipinski definition) is 4. The lowest BCUT2D eigenvalue weighted by Gasteiger charge is -2.27. The number of aliphatic hydroxyl groups is 1. The van der Waals surface area contributed by atoms with Crippen LogP contribution in [0.15, 0.2) is 0 Å². The Kier molecular flexibility index (Phi) is 4.92. The van der Waals surface area contributed by atoms with Crippen LogP contribution in [-0.2, 0) is 9.53 Å². The van der Waals surface area contributed by atoms with Gasteiger partial charge in [-0.2, -0.15) is 11.8 Å². The number of amides is 1. The summed E-state index contributed by atoms with van der Waals surface area (Å²) >= 11 is 1.97. The van der Waals surface area contributed by atoms with Gasteiger partial charge in [-0.25, -0.2) is 0 Å². The van der Waals surface area contributed by atoms with Gasteiger partial charge in [0.25, 0.3) is 0 Å². The molecular formula is C13H23NO3S. The highest BCUT2D eigenvalue weighted by Gasteiger charge is 2.39. The number of nitrogens with one attached hydrogen (secondary N) is 1. The predicted molar refractivity (Wildman–Crippen MR) is 72.7 cm³/mol. The van der Waals surface area contributed by atoms with Gasteiger partial charge < -0.3 is 15.2 Å². The van der Waals surface area contributed by atoms with Crippen LogP contribution in [0.5, 0.6) is 0 Å². The first-order valence-electron chi connectivity index (χ1n) is 6.78. The molecule has 2 heterocycles. The molecule has 0 spiro atoms. The van der Waals surface area contributed by atoms with Crippen molar-refractivity contribution in [2.24, 2.45) is 5.92 Å². The van der Waals surface area contributed by atoms with Crippen LogP contribution in [-0.4, -0.2) is 47.4 Å². The Morgan fingerprint density at radius 2 is 2.22 bits per heavy atom. The molecule has 2 saturated heterocycles. The lowest BCUT2D eigenvalue weighted by atomic mass is 9.95. The first kappa shape index (κ1) is 14.2. The minimum absolute atomic E-state index is 0.0689. The Morgan fingerprint density at radius 1 is 1.50 bits per heavy atom. The fourth-order valence-electron chi connectivity index (χ4n) is 2.54. The molecule has 2 unspecified atom stereocenters. The summed E-state index contributed by atoms with van der Waals surface area (Å²) in [6.45, 7) is 2.75. The van der Waals surface area contributed by atoms with E-state index < -0.39 is 5.60 Å². The fraction of sp³-hybridized carbons (Fsp3) is 0.923. The molecule has 0 radical (unpaired) electrons. The Bertz CT molecular complexity index is 294. The smallest absolute Gasteiger partial charge is 0.220 e. The van der Waals surface area contributed by atoms with Crippen molar-refractivity contribution in [3.05, 3.63) is 0 Å². The molecule has 0 aromatic rings. The van der Waals surface area contributed by atoms with E-state index in [9.17, 15) is 9.90 Å². The molecule has 1 amide bonds. The third kappa shape index (κ3) is 3.62. The molecule has 5 heteroatoms. The third-order valence-corrected chi connectivity index (χ3v) is 5.11. The average Bonchev–Trinajstić information content (AvgIpc) is 2.69. The molecule has 2 atom stereocenters. The fourth-order valence-corrected chi connectivity index (χ4v) is 3.74. The average molecular weight is 273 g/mol. The zero-order valence-electron chi connectivity index (χ0n) is 11.0. The summed E-state index contributed by atoms with van der Waals surface area (Å²) in [6, 6.07) is 0. The van der Waals surface area contributed by atoms with E-state index in [4.69, 9.17) is 4.74 Å². The maximum atomic E-state index is 11.8. The van der Waals surface area contributed by atoms with E-state index in [1.165, 1.54) is 11.5 Å². The Hall–Kier alpha value is -0.260.